The number of nitro groups is 1. The van der Waals surface area contributed by atoms with Crippen LogP contribution in [0.25, 0.3) is 0 Å². The predicted molar refractivity (Wildman–Crippen MR) is 116 cm³/mol. The zero-order valence-corrected chi connectivity index (χ0v) is 18.2. The first-order valence-corrected chi connectivity index (χ1v) is 11.5. The Morgan fingerprint density at radius 3 is 2.45 bits per heavy atom. The highest BCUT2D eigenvalue weighted by Gasteiger charge is 2.28. The van der Waals surface area contributed by atoms with Crippen molar-refractivity contribution >= 4 is 27.3 Å². The molecule has 0 unspecified atom stereocenters. The van der Waals surface area contributed by atoms with E-state index in [1.54, 1.807) is 13.8 Å². The Balaban J connectivity index is 1.98. The Bertz CT molecular complexity index is 1080. The molecule has 2 aromatic carbocycles. The Kier molecular flexibility index (Phi) is 6.91. The first-order chi connectivity index (χ1) is 14.7. The van der Waals surface area contributed by atoms with E-state index >= 15 is 0 Å². The van der Waals surface area contributed by atoms with E-state index in [0.29, 0.717) is 13.1 Å². The molecule has 1 heterocycles. The second kappa shape index (κ2) is 9.44. The van der Waals surface area contributed by atoms with Crippen molar-refractivity contribution in [1.29, 1.82) is 0 Å². The number of benzene rings is 2. The molecule has 0 aliphatic carbocycles. The fourth-order valence-corrected chi connectivity index (χ4v) is 4.94. The van der Waals surface area contributed by atoms with Crippen LogP contribution in [-0.4, -0.2) is 42.7 Å². The predicted octanol–water partition coefficient (Wildman–Crippen LogP) is 3.81. The molecule has 1 aliphatic heterocycles. The van der Waals surface area contributed by atoms with Gasteiger partial charge in [-0.05, 0) is 51.0 Å². The number of carbonyl (C=O) groups excluding carboxylic acids is 1. The lowest BCUT2D eigenvalue weighted by molar-refractivity contribution is -0.385. The molecule has 1 fully saturated rings. The second-order valence-electron chi connectivity index (χ2n) is 7.52. The van der Waals surface area contributed by atoms with E-state index in [-0.39, 0.29) is 33.7 Å². The minimum absolute atomic E-state index is 0.0309. The van der Waals surface area contributed by atoms with E-state index in [1.165, 1.54) is 46.8 Å². The van der Waals surface area contributed by atoms with Crippen LogP contribution in [0.3, 0.4) is 0 Å². The van der Waals surface area contributed by atoms with Crippen molar-refractivity contribution in [2.45, 2.75) is 44.1 Å². The molecule has 0 spiro atoms. The number of nitrogens with zero attached hydrogens (tertiary/aromatic N) is 2. The number of ether oxygens (including phenoxy) is 1. The quantitative estimate of drug-likeness (QED) is 0.509. The van der Waals surface area contributed by atoms with Crippen LogP contribution in [0.1, 0.15) is 43.5 Å². The van der Waals surface area contributed by atoms with Crippen molar-refractivity contribution in [3.63, 3.8) is 0 Å². The summed E-state index contributed by atoms with van der Waals surface area (Å²) in [7, 11) is -3.73. The zero-order chi connectivity index (χ0) is 22.6. The van der Waals surface area contributed by atoms with Gasteiger partial charge in [0.05, 0.1) is 21.6 Å². The van der Waals surface area contributed by atoms with Gasteiger partial charge in [-0.15, -0.1) is 0 Å². The third kappa shape index (κ3) is 5.20. The van der Waals surface area contributed by atoms with Crippen molar-refractivity contribution in [3.8, 4) is 5.75 Å². The Morgan fingerprint density at radius 2 is 1.81 bits per heavy atom. The molecule has 0 bridgehead atoms. The fraction of sp³-hybridized carbons (Fsp3) is 0.381. The summed E-state index contributed by atoms with van der Waals surface area (Å²) in [6, 6.07) is 9.84. The van der Waals surface area contributed by atoms with Crippen molar-refractivity contribution in [2.24, 2.45) is 0 Å². The van der Waals surface area contributed by atoms with Gasteiger partial charge in [-0.1, -0.05) is 18.6 Å². The second-order valence-corrected chi connectivity index (χ2v) is 9.46. The summed E-state index contributed by atoms with van der Waals surface area (Å²) in [5.41, 5.74) is -0.342. The molecule has 3 rings (SSSR count). The van der Waals surface area contributed by atoms with Crippen molar-refractivity contribution < 1.29 is 22.9 Å². The van der Waals surface area contributed by atoms with Crippen molar-refractivity contribution in [1.82, 2.24) is 4.31 Å². The topological polar surface area (TPSA) is 119 Å². The highest BCUT2D eigenvalue weighted by Crippen LogP contribution is 2.32. The van der Waals surface area contributed by atoms with E-state index in [9.17, 15) is 23.3 Å². The average molecular weight is 448 g/mol. The summed E-state index contributed by atoms with van der Waals surface area (Å²) in [6.45, 7) is 4.49. The van der Waals surface area contributed by atoms with Crippen molar-refractivity contribution in [3.05, 3.63) is 58.1 Å². The third-order valence-electron chi connectivity index (χ3n) is 4.86. The maximum Gasteiger partial charge on any atom is 0.282 e. The van der Waals surface area contributed by atoms with Crippen LogP contribution in [0.4, 0.5) is 11.4 Å². The maximum absolute atomic E-state index is 13.1. The normalized spacial score (nSPS) is 14.9. The molecule has 1 N–H and O–H groups in total. The molecule has 1 amide bonds. The van der Waals surface area contributed by atoms with Gasteiger partial charge in [0.2, 0.25) is 10.0 Å². The smallest absolute Gasteiger partial charge is 0.282 e. The number of carbonyl (C=O) groups is 1. The number of anilines is 1. The van der Waals surface area contributed by atoms with Crippen LogP contribution in [-0.2, 0) is 10.0 Å². The number of para-hydroxylation sites is 1. The molecule has 9 nitrogen and oxygen atoms in total. The van der Waals surface area contributed by atoms with Gasteiger partial charge in [0.15, 0.2) is 0 Å². The summed E-state index contributed by atoms with van der Waals surface area (Å²) in [5.74, 6) is -0.451. The SMILES string of the molecule is CC(C)Oc1ccc(S(=O)(=O)N2CCCCC2)cc1NC(=O)c1ccccc1[N+](=O)[O-]. The summed E-state index contributed by atoms with van der Waals surface area (Å²) in [6.07, 6.45) is 2.36. The number of amides is 1. The minimum Gasteiger partial charge on any atom is -0.489 e. The zero-order valence-electron chi connectivity index (χ0n) is 17.4. The number of hydrogen-bond acceptors (Lipinski definition) is 6. The minimum atomic E-state index is -3.73. The fourth-order valence-electron chi connectivity index (χ4n) is 3.39. The van der Waals surface area contributed by atoms with E-state index in [1.807, 2.05) is 0 Å². The van der Waals surface area contributed by atoms with E-state index in [2.05, 4.69) is 5.32 Å². The molecule has 10 heteroatoms. The third-order valence-corrected chi connectivity index (χ3v) is 6.75. The van der Waals surface area contributed by atoms with Crippen LogP contribution < -0.4 is 10.1 Å². The largest absolute Gasteiger partial charge is 0.489 e. The highest BCUT2D eigenvalue weighted by molar-refractivity contribution is 7.89. The Labute approximate surface area is 181 Å². The van der Waals surface area contributed by atoms with Crippen LogP contribution in [0.5, 0.6) is 5.75 Å². The maximum atomic E-state index is 13.1. The lowest BCUT2D eigenvalue weighted by Crippen LogP contribution is -2.35. The van der Waals surface area contributed by atoms with Crippen LogP contribution >= 0.6 is 0 Å². The van der Waals surface area contributed by atoms with Crippen molar-refractivity contribution in [2.75, 3.05) is 18.4 Å². The number of sulfonamides is 1. The molecule has 0 aromatic heterocycles. The molecule has 31 heavy (non-hydrogen) atoms. The standard InChI is InChI=1S/C21H25N3O6S/c1-15(2)30-20-11-10-16(31(28,29)23-12-6-3-7-13-23)14-18(20)22-21(25)17-8-4-5-9-19(17)24(26)27/h4-5,8-11,14-15H,3,6-7,12-13H2,1-2H3,(H,22,25). The van der Waals surface area contributed by atoms with E-state index in [0.717, 1.165) is 19.3 Å². The van der Waals surface area contributed by atoms with Gasteiger partial charge >= 0.3 is 0 Å². The number of nitrogens with one attached hydrogen (secondary N) is 1. The molecule has 1 saturated heterocycles. The molecule has 1 aliphatic rings. The summed E-state index contributed by atoms with van der Waals surface area (Å²) >= 11 is 0. The number of hydrogen-bond donors (Lipinski definition) is 1. The Morgan fingerprint density at radius 1 is 1.13 bits per heavy atom. The summed E-state index contributed by atoms with van der Waals surface area (Å²) < 4.78 is 33.3. The molecule has 0 saturated carbocycles. The Hall–Kier alpha value is -2.98. The summed E-state index contributed by atoms with van der Waals surface area (Å²) in [5, 5.41) is 13.9. The highest BCUT2D eigenvalue weighted by atomic mass is 32.2. The first kappa shape index (κ1) is 22.7. The van der Waals surface area contributed by atoms with Gasteiger partial charge in [-0.25, -0.2) is 8.42 Å². The first-order valence-electron chi connectivity index (χ1n) is 10.1. The van der Waals surface area contributed by atoms with Crippen LogP contribution in [0.15, 0.2) is 47.4 Å². The van der Waals surface area contributed by atoms with E-state index in [4.69, 9.17) is 4.74 Å². The van der Waals surface area contributed by atoms with Crippen LogP contribution in [0.2, 0.25) is 0 Å². The number of piperidine rings is 1. The molecule has 0 radical (unpaired) electrons. The average Bonchev–Trinajstić information content (AvgIpc) is 2.75. The molecular weight excluding hydrogens is 422 g/mol. The van der Waals surface area contributed by atoms with Gasteiger partial charge in [0.1, 0.15) is 11.3 Å². The lowest BCUT2D eigenvalue weighted by atomic mass is 10.1. The van der Waals surface area contributed by atoms with E-state index < -0.39 is 20.9 Å². The lowest BCUT2D eigenvalue weighted by Gasteiger charge is -2.26. The van der Waals surface area contributed by atoms with Gasteiger partial charge in [0, 0.05) is 19.2 Å². The van der Waals surface area contributed by atoms with Gasteiger partial charge in [0.25, 0.3) is 11.6 Å². The molecule has 2 aromatic rings. The van der Waals surface area contributed by atoms with Gasteiger partial charge in [-0.2, -0.15) is 4.31 Å². The van der Waals surface area contributed by atoms with Gasteiger partial charge < -0.3 is 10.1 Å². The summed E-state index contributed by atoms with van der Waals surface area (Å²) in [4.78, 5) is 23.5. The number of nitro benzene ring substituents is 1. The van der Waals surface area contributed by atoms with Crippen LogP contribution in [0, 0.1) is 10.1 Å². The monoisotopic (exact) mass is 447 g/mol. The van der Waals surface area contributed by atoms with Gasteiger partial charge in [-0.3, -0.25) is 14.9 Å². The molecule has 0 atom stereocenters. The number of rotatable bonds is 7. The molecular formula is C21H25N3O6S. The molecule has 166 valence electrons.